The molecule has 0 radical (unpaired) electrons. The fourth-order valence-electron chi connectivity index (χ4n) is 1.69. The number of anilines is 1. The number of nitrogen functional groups attached to an aromatic ring is 1. The second-order valence-corrected chi connectivity index (χ2v) is 6.51. The smallest absolute Gasteiger partial charge is 0.227 e. The molecule has 102 valence electrons. The number of hydrogen-bond acceptors (Lipinski definition) is 6. The van der Waals surface area contributed by atoms with E-state index in [2.05, 4.69) is 10.1 Å². The maximum Gasteiger partial charge on any atom is 0.227 e. The minimum Gasteiger partial charge on any atom is -0.399 e. The summed E-state index contributed by atoms with van der Waals surface area (Å²) in [6.07, 6.45) is 2.34. The van der Waals surface area contributed by atoms with Crippen LogP contribution in [0, 0.1) is 0 Å². The lowest BCUT2D eigenvalue weighted by Crippen LogP contribution is -2.02. The van der Waals surface area contributed by atoms with Gasteiger partial charge in [0.05, 0.1) is 0 Å². The molecule has 1 aromatic heterocycles. The van der Waals surface area contributed by atoms with Crippen molar-refractivity contribution in [3.8, 4) is 0 Å². The van der Waals surface area contributed by atoms with Gasteiger partial charge in [0.15, 0.2) is 15.7 Å². The van der Waals surface area contributed by atoms with Gasteiger partial charge in [-0.15, -0.1) is 0 Å². The van der Waals surface area contributed by atoms with Crippen LogP contribution in [0.1, 0.15) is 17.3 Å². The van der Waals surface area contributed by atoms with Gasteiger partial charge in [-0.2, -0.15) is 4.98 Å². The van der Waals surface area contributed by atoms with E-state index in [1.807, 2.05) is 24.3 Å². The minimum atomic E-state index is -3.14. The van der Waals surface area contributed by atoms with Crippen molar-refractivity contribution in [2.24, 2.45) is 0 Å². The van der Waals surface area contributed by atoms with E-state index in [9.17, 15) is 8.42 Å². The third kappa shape index (κ3) is 4.06. The maximum atomic E-state index is 11.1. The number of rotatable bonds is 5. The lowest BCUT2D eigenvalue weighted by atomic mass is 10.1. The summed E-state index contributed by atoms with van der Waals surface area (Å²) in [5.74, 6) is 0.407. The fraction of sp³-hybridized carbons (Fsp3) is 0.333. The number of benzene rings is 1. The van der Waals surface area contributed by atoms with Crippen LogP contribution in [0.25, 0.3) is 0 Å². The zero-order valence-corrected chi connectivity index (χ0v) is 11.4. The van der Waals surface area contributed by atoms with Gasteiger partial charge in [-0.1, -0.05) is 23.4 Å². The second kappa shape index (κ2) is 5.40. The Kier molecular flexibility index (Phi) is 3.84. The molecular formula is C12H15N3O3S. The summed E-state index contributed by atoms with van der Waals surface area (Å²) in [4.78, 5) is 4.04. The van der Waals surface area contributed by atoms with Crippen molar-refractivity contribution in [2.75, 3.05) is 12.0 Å². The lowest BCUT2D eigenvalue weighted by Gasteiger charge is -2.02. The maximum absolute atomic E-state index is 11.1. The largest absolute Gasteiger partial charge is 0.399 e. The number of hydrogen-bond donors (Lipinski definition) is 1. The molecule has 19 heavy (non-hydrogen) atoms. The van der Waals surface area contributed by atoms with Crippen molar-refractivity contribution >= 4 is 15.5 Å². The molecule has 7 heteroatoms. The molecule has 0 aliphatic carbocycles. The summed E-state index contributed by atoms with van der Waals surface area (Å²) < 4.78 is 27.2. The van der Waals surface area contributed by atoms with Crippen LogP contribution in [0.5, 0.6) is 0 Å². The average molecular weight is 281 g/mol. The monoisotopic (exact) mass is 281 g/mol. The molecule has 0 atom stereocenters. The fourth-order valence-corrected chi connectivity index (χ4v) is 2.27. The summed E-state index contributed by atoms with van der Waals surface area (Å²) in [5, 5.41) is 3.64. The molecule has 0 fully saturated rings. The van der Waals surface area contributed by atoms with Crippen LogP contribution in [0.15, 0.2) is 28.8 Å². The quantitative estimate of drug-likeness (QED) is 0.820. The number of sulfone groups is 1. The van der Waals surface area contributed by atoms with Crippen molar-refractivity contribution in [2.45, 2.75) is 18.6 Å². The highest BCUT2D eigenvalue weighted by Gasteiger charge is 2.12. The number of nitrogens with zero attached hydrogens (tertiary/aromatic N) is 2. The van der Waals surface area contributed by atoms with E-state index in [0.717, 1.165) is 17.5 Å². The first-order valence-corrected chi connectivity index (χ1v) is 7.82. The first kappa shape index (κ1) is 13.5. The van der Waals surface area contributed by atoms with Crippen LogP contribution in [0.2, 0.25) is 0 Å². The third-order valence-corrected chi connectivity index (χ3v) is 3.35. The molecule has 0 unspecified atom stereocenters. The SMILES string of the molecule is CS(=O)(=O)Cc1noc(CCc2ccccc2N)n1. The van der Waals surface area contributed by atoms with E-state index in [1.165, 1.54) is 0 Å². The molecule has 0 bridgehead atoms. The molecule has 0 aliphatic rings. The Hall–Kier alpha value is -1.89. The molecule has 0 saturated heterocycles. The van der Waals surface area contributed by atoms with Gasteiger partial charge >= 0.3 is 0 Å². The van der Waals surface area contributed by atoms with Gasteiger partial charge in [0, 0.05) is 18.4 Å². The van der Waals surface area contributed by atoms with Gasteiger partial charge in [-0.05, 0) is 18.1 Å². The third-order valence-electron chi connectivity index (χ3n) is 2.56. The van der Waals surface area contributed by atoms with E-state index in [-0.39, 0.29) is 11.6 Å². The van der Waals surface area contributed by atoms with Gasteiger partial charge < -0.3 is 10.3 Å². The highest BCUT2D eigenvalue weighted by Crippen LogP contribution is 2.13. The summed E-state index contributed by atoms with van der Waals surface area (Å²) in [7, 11) is -3.14. The average Bonchev–Trinajstić information content (AvgIpc) is 2.73. The van der Waals surface area contributed by atoms with Crippen LogP contribution in [-0.2, 0) is 28.4 Å². The van der Waals surface area contributed by atoms with Crippen LogP contribution in [0.3, 0.4) is 0 Å². The zero-order valence-electron chi connectivity index (χ0n) is 10.5. The van der Waals surface area contributed by atoms with Crippen LogP contribution < -0.4 is 5.73 Å². The molecule has 1 aromatic carbocycles. The van der Waals surface area contributed by atoms with E-state index < -0.39 is 9.84 Å². The second-order valence-electron chi connectivity index (χ2n) is 4.37. The number of aromatic nitrogens is 2. The van der Waals surface area contributed by atoms with Crippen LogP contribution in [-0.4, -0.2) is 24.8 Å². The van der Waals surface area contributed by atoms with E-state index in [4.69, 9.17) is 10.3 Å². The van der Waals surface area contributed by atoms with Gasteiger partial charge in [-0.25, -0.2) is 8.42 Å². The number of aryl methyl sites for hydroxylation is 2. The Bertz CT molecular complexity index is 664. The van der Waals surface area contributed by atoms with Gasteiger partial charge in [0.1, 0.15) is 5.75 Å². The molecule has 6 nitrogen and oxygen atoms in total. The molecule has 2 N–H and O–H groups in total. The molecule has 0 aliphatic heterocycles. The first-order chi connectivity index (χ1) is 8.94. The highest BCUT2D eigenvalue weighted by atomic mass is 32.2. The van der Waals surface area contributed by atoms with Crippen LogP contribution in [0.4, 0.5) is 5.69 Å². The summed E-state index contributed by atoms with van der Waals surface area (Å²) in [6, 6.07) is 7.55. The van der Waals surface area contributed by atoms with Gasteiger partial charge in [0.2, 0.25) is 5.89 Å². The topological polar surface area (TPSA) is 99.1 Å². The normalized spacial score (nSPS) is 11.6. The molecule has 1 heterocycles. The van der Waals surface area contributed by atoms with Gasteiger partial charge in [-0.3, -0.25) is 0 Å². The predicted octanol–water partition coefficient (Wildman–Crippen LogP) is 0.982. The summed E-state index contributed by atoms with van der Waals surface area (Å²) in [5.41, 5.74) is 7.55. The van der Waals surface area contributed by atoms with Gasteiger partial charge in [0.25, 0.3) is 0 Å². The van der Waals surface area contributed by atoms with Crippen molar-refractivity contribution in [1.82, 2.24) is 10.1 Å². The lowest BCUT2D eigenvalue weighted by molar-refractivity contribution is 0.374. The zero-order chi connectivity index (χ0) is 13.9. The predicted molar refractivity (Wildman–Crippen MR) is 71.1 cm³/mol. The highest BCUT2D eigenvalue weighted by molar-refractivity contribution is 7.89. The van der Waals surface area contributed by atoms with Crippen LogP contribution >= 0.6 is 0 Å². The molecular weight excluding hydrogens is 266 g/mol. The van der Waals surface area contributed by atoms with Crippen molar-refractivity contribution in [1.29, 1.82) is 0 Å². The van der Waals surface area contributed by atoms with Crippen molar-refractivity contribution < 1.29 is 12.9 Å². The first-order valence-electron chi connectivity index (χ1n) is 5.76. The standard InChI is InChI=1S/C12H15N3O3S/c1-19(16,17)8-11-14-12(18-15-11)7-6-9-4-2-3-5-10(9)13/h2-5H,6-8,13H2,1H3. The number of para-hydroxylation sites is 1. The summed E-state index contributed by atoms with van der Waals surface area (Å²) in [6.45, 7) is 0. The molecule has 0 spiro atoms. The molecule has 0 amide bonds. The summed E-state index contributed by atoms with van der Waals surface area (Å²) >= 11 is 0. The molecule has 2 aromatic rings. The Labute approximate surface area is 111 Å². The molecule has 2 rings (SSSR count). The van der Waals surface area contributed by atoms with E-state index in [0.29, 0.717) is 18.7 Å². The number of nitrogens with two attached hydrogens (primary N) is 1. The van der Waals surface area contributed by atoms with E-state index >= 15 is 0 Å². The minimum absolute atomic E-state index is 0.193. The Morgan fingerprint density at radius 2 is 2.00 bits per heavy atom. The molecule has 0 saturated carbocycles. The Morgan fingerprint density at radius 3 is 2.68 bits per heavy atom. The van der Waals surface area contributed by atoms with Crippen molar-refractivity contribution in [3.63, 3.8) is 0 Å². The van der Waals surface area contributed by atoms with E-state index in [1.54, 1.807) is 0 Å². The van der Waals surface area contributed by atoms with Crippen molar-refractivity contribution in [3.05, 3.63) is 41.5 Å². The Balaban J connectivity index is 1.99. The Morgan fingerprint density at radius 1 is 1.26 bits per heavy atom.